The normalized spacial score (nSPS) is 8.83. The molecule has 2 aromatic rings. The highest BCUT2D eigenvalue weighted by atomic mass is 15.4. The van der Waals surface area contributed by atoms with Crippen LogP contribution in [0.15, 0.2) is 12.5 Å². The standard InChI is InChI=1S/2C3H4N3/c1-6-2-4-5-3-6;1-6-3-2-4-5-6/h2*2H,1H3. The van der Waals surface area contributed by atoms with Crippen molar-refractivity contribution in [3.8, 4) is 0 Å². The summed E-state index contributed by atoms with van der Waals surface area (Å²) in [5.74, 6) is 0. The fourth-order valence-electron chi connectivity index (χ4n) is 0.464. The van der Waals surface area contributed by atoms with Gasteiger partial charge in [-0.1, -0.05) is 5.21 Å². The maximum absolute atomic E-state index is 3.53. The Balaban J connectivity index is 0.000000120. The lowest BCUT2D eigenvalue weighted by Crippen LogP contribution is -1.86. The lowest BCUT2D eigenvalue weighted by atomic mass is 10.9. The molecule has 2 heterocycles. The van der Waals surface area contributed by atoms with Crippen molar-refractivity contribution < 1.29 is 0 Å². The number of rotatable bonds is 0. The van der Waals surface area contributed by atoms with Gasteiger partial charge in [-0.15, -0.1) is 15.3 Å². The summed E-state index contributed by atoms with van der Waals surface area (Å²) in [5.41, 5.74) is 0. The predicted molar refractivity (Wildman–Crippen MR) is 39.7 cm³/mol. The van der Waals surface area contributed by atoms with Crippen molar-refractivity contribution in [3.63, 3.8) is 0 Å². The van der Waals surface area contributed by atoms with Crippen LogP contribution < -0.4 is 0 Å². The fraction of sp³-hybridized carbons (Fsp3) is 0.333. The Morgan fingerprint density at radius 1 is 1.25 bits per heavy atom. The first-order valence-corrected chi connectivity index (χ1v) is 3.23. The molecule has 0 saturated carbocycles. The van der Waals surface area contributed by atoms with Crippen molar-refractivity contribution in [3.05, 3.63) is 25.0 Å². The van der Waals surface area contributed by atoms with Gasteiger partial charge in [0.1, 0.15) is 12.5 Å². The Morgan fingerprint density at radius 2 is 2.08 bits per heavy atom. The van der Waals surface area contributed by atoms with Gasteiger partial charge in [0.2, 0.25) is 6.33 Å². The third-order valence-corrected chi connectivity index (χ3v) is 0.973. The molecule has 0 bridgehead atoms. The molecule has 12 heavy (non-hydrogen) atoms. The summed E-state index contributed by atoms with van der Waals surface area (Å²) in [4.78, 5) is 0. The Morgan fingerprint density at radius 3 is 2.25 bits per heavy atom. The van der Waals surface area contributed by atoms with E-state index in [2.05, 4.69) is 33.0 Å². The van der Waals surface area contributed by atoms with Crippen LogP contribution in [0.25, 0.3) is 0 Å². The Labute approximate surface area is 69.8 Å². The second-order valence-corrected chi connectivity index (χ2v) is 2.03. The summed E-state index contributed by atoms with van der Waals surface area (Å²) >= 11 is 0. The second-order valence-electron chi connectivity index (χ2n) is 2.03. The minimum atomic E-state index is 1.51. The zero-order valence-corrected chi connectivity index (χ0v) is 6.84. The first-order chi connectivity index (χ1) is 5.79. The third-order valence-electron chi connectivity index (χ3n) is 0.973. The van der Waals surface area contributed by atoms with E-state index in [4.69, 9.17) is 0 Å². The number of aromatic nitrogens is 6. The molecular weight excluding hydrogens is 156 g/mol. The fourth-order valence-corrected chi connectivity index (χ4v) is 0.464. The molecular formula is C6H8N6. The smallest absolute Gasteiger partial charge is 0.201 e. The van der Waals surface area contributed by atoms with Crippen LogP contribution in [0.1, 0.15) is 0 Å². The van der Waals surface area contributed by atoms with Crippen molar-refractivity contribution >= 4 is 0 Å². The number of hydrogen-bond donors (Lipinski definition) is 0. The van der Waals surface area contributed by atoms with Crippen molar-refractivity contribution in [1.29, 1.82) is 0 Å². The van der Waals surface area contributed by atoms with Crippen LogP contribution in [0.3, 0.4) is 0 Å². The van der Waals surface area contributed by atoms with E-state index in [1.807, 2.05) is 7.05 Å². The molecule has 6 nitrogen and oxygen atoms in total. The molecule has 2 aromatic heterocycles. The molecule has 2 radical (unpaired) electrons. The first kappa shape index (κ1) is 8.38. The summed E-state index contributed by atoms with van der Waals surface area (Å²) in [6.07, 6.45) is 8.35. The molecule has 0 atom stereocenters. The van der Waals surface area contributed by atoms with Gasteiger partial charge in [-0.3, -0.25) is 0 Å². The summed E-state index contributed by atoms with van der Waals surface area (Å²) in [7, 11) is 3.59. The van der Waals surface area contributed by atoms with E-state index in [9.17, 15) is 0 Å². The van der Waals surface area contributed by atoms with Crippen molar-refractivity contribution in [2.75, 3.05) is 0 Å². The summed E-state index contributed by atoms with van der Waals surface area (Å²) in [5, 5.41) is 13.9. The van der Waals surface area contributed by atoms with Gasteiger partial charge < -0.3 is 4.57 Å². The monoisotopic (exact) mass is 164 g/mol. The average molecular weight is 164 g/mol. The molecule has 62 valence electrons. The lowest BCUT2D eigenvalue weighted by molar-refractivity contribution is 0.710. The molecule has 0 amide bonds. The van der Waals surface area contributed by atoms with Gasteiger partial charge in [0.15, 0.2) is 0 Å². The molecule has 0 unspecified atom stereocenters. The molecule has 0 aromatic carbocycles. The predicted octanol–water partition coefficient (Wildman–Crippen LogP) is -0.769. The lowest BCUT2D eigenvalue weighted by Gasteiger charge is -1.72. The molecule has 0 saturated heterocycles. The van der Waals surface area contributed by atoms with Gasteiger partial charge in [-0.05, 0) is 0 Å². The van der Waals surface area contributed by atoms with Crippen molar-refractivity contribution in [1.82, 2.24) is 29.8 Å². The van der Waals surface area contributed by atoms with E-state index in [0.29, 0.717) is 0 Å². The Kier molecular flexibility index (Phi) is 2.95. The first-order valence-electron chi connectivity index (χ1n) is 3.23. The maximum Gasteiger partial charge on any atom is 0.201 e. The largest absolute Gasteiger partial charge is 0.314 e. The zero-order valence-electron chi connectivity index (χ0n) is 6.84. The van der Waals surface area contributed by atoms with E-state index < -0.39 is 0 Å². The molecule has 2 rings (SSSR count). The molecule has 0 aliphatic carbocycles. The Bertz CT molecular complexity index is 251. The van der Waals surface area contributed by atoms with Gasteiger partial charge in [0.25, 0.3) is 0 Å². The van der Waals surface area contributed by atoms with Gasteiger partial charge in [-0.25, -0.2) is 4.68 Å². The summed E-state index contributed by atoms with van der Waals surface area (Å²) < 4.78 is 3.17. The van der Waals surface area contributed by atoms with E-state index >= 15 is 0 Å². The van der Waals surface area contributed by atoms with E-state index in [1.165, 1.54) is 10.9 Å². The van der Waals surface area contributed by atoms with Crippen LogP contribution in [0.2, 0.25) is 0 Å². The molecule has 0 fully saturated rings. The van der Waals surface area contributed by atoms with Gasteiger partial charge in [0.05, 0.1) is 6.20 Å². The van der Waals surface area contributed by atoms with Gasteiger partial charge in [0, 0.05) is 14.1 Å². The van der Waals surface area contributed by atoms with Crippen molar-refractivity contribution in [2.45, 2.75) is 0 Å². The summed E-state index contributed by atoms with van der Waals surface area (Å²) in [6.45, 7) is 0. The van der Waals surface area contributed by atoms with Crippen LogP contribution in [0.4, 0.5) is 0 Å². The van der Waals surface area contributed by atoms with Gasteiger partial charge >= 0.3 is 0 Å². The SMILES string of the molecule is Cn1[c]cnn1.Cn1[c]nnc1. The topological polar surface area (TPSA) is 61.4 Å². The second kappa shape index (κ2) is 4.22. The number of hydrogen-bond acceptors (Lipinski definition) is 4. The van der Waals surface area contributed by atoms with Crippen LogP contribution in [-0.4, -0.2) is 29.8 Å². The minimum Gasteiger partial charge on any atom is -0.314 e. The zero-order chi connectivity index (χ0) is 8.81. The molecule has 0 N–H and O–H groups in total. The van der Waals surface area contributed by atoms with Crippen molar-refractivity contribution in [2.24, 2.45) is 14.1 Å². The van der Waals surface area contributed by atoms with Crippen LogP contribution >= 0.6 is 0 Å². The molecule has 6 heteroatoms. The molecule has 0 spiro atoms. The van der Waals surface area contributed by atoms with E-state index in [1.54, 1.807) is 17.9 Å². The Hall–Kier alpha value is -1.72. The highest BCUT2D eigenvalue weighted by Gasteiger charge is 1.73. The number of aryl methyl sites for hydroxylation is 2. The minimum absolute atomic E-state index is 1.51. The molecule has 0 aliphatic heterocycles. The molecule has 0 aliphatic rings. The van der Waals surface area contributed by atoms with Gasteiger partial charge in [-0.2, -0.15) is 0 Å². The quantitative estimate of drug-likeness (QED) is 0.513. The average Bonchev–Trinajstić information content (AvgIpc) is 2.63. The number of nitrogens with zero attached hydrogens (tertiary/aromatic N) is 6. The highest BCUT2D eigenvalue weighted by molar-refractivity contribution is 4.55. The maximum atomic E-state index is 3.53. The highest BCUT2D eigenvalue weighted by Crippen LogP contribution is 1.65. The van der Waals surface area contributed by atoms with E-state index in [0.717, 1.165) is 0 Å². The summed E-state index contributed by atoms with van der Waals surface area (Å²) in [6, 6.07) is 0. The third kappa shape index (κ3) is 2.91. The van der Waals surface area contributed by atoms with Crippen LogP contribution in [-0.2, 0) is 14.1 Å². The van der Waals surface area contributed by atoms with Crippen LogP contribution in [0, 0.1) is 12.5 Å². The van der Waals surface area contributed by atoms with E-state index in [-0.39, 0.29) is 0 Å². The van der Waals surface area contributed by atoms with Crippen LogP contribution in [0.5, 0.6) is 0 Å².